The van der Waals surface area contributed by atoms with E-state index in [1.165, 1.54) is 0 Å². The first kappa shape index (κ1) is 14.2. The molecule has 4 nitrogen and oxygen atoms in total. The molecule has 1 aliphatic rings. The van der Waals surface area contributed by atoms with Crippen LogP contribution in [0.3, 0.4) is 0 Å². The lowest BCUT2D eigenvalue weighted by Gasteiger charge is -2.25. The fourth-order valence-electron chi connectivity index (χ4n) is 2.91. The Balaban J connectivity index is 2.01. The largest absolute Gasteiger partial charge is 0.264 e. The molecule has 1 atom stereocenters. The van der Waals surface area contributed by atoms with Crippen molar-refractivity contribution < 1.29 is 8.42 Å². The summed E-state index contributed by atoms with van der Waals surface area (Å²) in [7, 11) is -3.46. The molecule has 0 aliphatic carbocycles. The van der Waals surface area contributed by atoms with Crippen molar-refractivity contribution in [3.8, 4) is 0 Å². The third-order valence-electron chi connectivity index (χ3n) is 3.95. The monoisotopic (exact) mass is 302 g/mol. The summed E-state index contributed by atoms with van der Waals surface area (Å²) in [6.07, 6.45) is 5.19. The van der Waals surface area contributed by atoms with Crippen molar-refractivity contribution in [2.24, 2.45) is 0 Å². The molecule has 3 rings (SSSR count). The van der Waals surface area contributed by atoms with Gasteiger partial charge in [-0.15, -0.1) is 0 Å². The minimum Gasteiger partial charge on any atom is -0.264 e. The van der Waals surface area contributed by atoms with Gasteiger partial charge < -0.3 is 0 Å². The number of nitrogens with zero attached hydrogens (tertiary/aromatic N) is 2. The third-order valence-corrected chi connectivity index (χ3v) is 6.02. The second kappa shape index (κ2) is 5.58. The van der Waals surface area contributed by atoms with Gasteiger partial charge in [0.25, 0.3) is 0 Å². The lowest BCUT2D eigenvalue weighted by molar-refractivity contribution is 0.396. The number of benzene rings is 1. The lowest BCUT2D eigenvalue weighted by atomic mass is 10.1. The van der Waals surface area contributed by atoms with Crippen LogP contribution in [-0.2, 0) is 10.0 Å². The van der Waals surface area contributed by atoms with Gasteiger partial charge in [-0.3, -0.25) is 4.98 Å². The average Bonchev–Trinajstić information content (AvgIpc) is 2.99. The van der Waals surface area contributed by atoms with Gasteiger partial charge in [0.1, 0.15) is 0 Å². The summed E-state index contributed by atoms with van der Waals surface area (Å²) in [5, 5.41) is 0. The highest BCUT2D eigenvalue weighted by atomic mass is 32.2. The SMILES string of the molecule is Cc1ccccc1S(=O)(=O)N1CCCC1c1cccnc1. The number of sulfonamides is 1. The molecule has 1 aromatic carbocycles. The predicted molar refractivity (Wildman–Crippen MR) is 81.3 cm³/mol. The van der Waals surface area contributed by atoms with Gasteiger partial charge in [-0.1, -0.05) is 24.3 Å². The van der Waals surface area contributed by atoms with Gasteiger partial charge >= 0.3 is 0 Å². The van der Waals surface area contributed by atoms with E-state index in [0.717, 1.165) is 24.0 Å². The van der Waals surface area contributed by atoms with Crippen molar-refractivity contribution in [1.82, 2.24) is 9.29 Å². The van der Waals surface area contributed by atoms with Crippen molar-refractivity contribution in [1.29, 1.82) is 0 Å². The van der Waals surface area contributed by atoms with Crippen LogP contribution in [-0.4, -0.2) is 24.3 Å². The first-order valence-corrected chi connectivity index (χ1v) is 8.52. The highest BCUT2D eigenvalue weighted by Gasteiger charge is 2.36. The molecule has 2 heterocycles. The van der Waals surface area contributed by atoms with Crippen LogP contribution in [0.15, 0.2) is 53.7 Å². The van der Waals surface area contributed by atoms with Crippen LogP contribution in [0.25, 0.3) is 0 Å². The molecule has 0 amide bonds. The lowest BCUT2D eigenvalue weighted by Crippen LogP contribution is -2.31. The van der Waals surface area contributed by atoms with E-state index in [-0.39, 0.29) is 6.04 Å². The number of pyridine rings is 1. The quantitative estimate of drug-likeness (QED) is 0.876. The van der Waals surface area contributed by atoms with E-state index in [1.54, 1.807) is 28.8 Å². The first-order chi connectivity index (χ1) is 10.1. The van der Waals surface area contributed by atoms with Gasteiger partial charge in [0.05, 0.1) is 10.9 Å². The molecule has 1 aliphatic heterocycles. The maximum absolute atomic E-state index is 12.9. The Morgan fingerprint density at radius 1 is 1.19 bits per heavy atom. The normalized spacial score (nSPS) is 19.8. The van der Waals surface area contributed by atoms with Gasteiger partial charge in [0, 0.05) is 18.9 Å². The van der Waals surface area contributed by atoms with Crippen molar-refractivity contribution in [3.63, 3.8) is 0 Å². The van der Waals surface area contributed by atoms with E-state index in [1.807, 2.05) is 31.2 Å². The van der Waals surface area contributed by atoms with Crippen LogP contribution in [0.5, 0.6) is 0 Å². The Kier molecular flexibility index (Phi) is 3.78. The number of hydrogen-bond acceptors (Lipinski definition) is 3. The Hall–Kier alpha value is -1.72. The smallest absolute Gasteiger partial charge is 0.243 e. The zero-order valence-electron chi connectivity index (χ0n) is 11.9. The maximum atomic E-state index is 12.9. The molecule has 0 radical (unpaired) electrons. The summed E-state index contributed by atoms with van der Waals surface area (Å²) in [5.74, 6) is 0. The molecular weight excluding hydrogens is 284 g/mol. The maximum Gasteiger partial charge on any atom is 0.243 e. The summed E-state index contributed by atoms with van der Waals surface area (Å²) in [6, 6.07) is 10.8. The van der Waals surface area contributed by atoms with Gasteiger partial charge in [0.15, 0.2) is 0 Å². The predicted octanol–water partition coefficient (Wildman–Crippen LogP) is 2.92. The fourth-order valence-corrected chi connectivity index (χ4v) is 4.82. The molecule has 1 aromatic heterocycles. The summed E-state index contributed by atoms with van der Waals surface area (Å²) in [4.78, 5) is 4.52. The summed E-state index contributed by atoms with van der Waals surface area (Å²) in [6.45, 7) is 2.40. The molecule has 2 aromatic rings. The van der Waals surface area contributed by atoms with Crippen LogP contribution in [0, 0.1) is 6.92 Å². The van der Waals surface area contributed by atoms with Crippen LogP contribution in [0.2, 0.25) is 0 Å². The fraction of sp³-hybridized carbons (Fsp3) is 0.312. The highest BCUT2D eigenvalue weighted by molar-refractivity contribution is 7.89. The molecule has 0 saturated carbocycles. The molecule has 1 saturated heterocycles. The second-order valence-corrected chi connectivity index (χ2v) is 7.18. The van der Waals surface area contributed by atoms with E-state index in [4.69, 9.17) is 0 Å². The zero-order chi connectivity index (χ0) is 14.9. The van der Waals surface area contributed by atoms with Crippen molar-refractivity contribution >= 4 is 10.0 Å². The topological polar surface area (TPSA) is 50.3 Å². The number of aromatic nitrogens is 1. The summed E-state index contributed by atoms with van der Waals surface area (Å²) >= 11 is 0. The van der Waals surface area contributed by atoms with Gasteiger partial charge in [-0.05, 0) is 43.0 Å². The summed E-state index contributed by atoms with van der Waals surface area (Å²) in [5.41, 5.74) is 1.75. The Bertz CT molecular complexity index is 729. The van der Waals surface area contributed by atoms with Gasteiger partial charge in [-0.25, -0.2) is 8.42 Å². The number of rotatable bonds is 3. The van der Waals surface area contributed by atoms with E-state index in [9.17, 15) is 8.42 Å². The van der Waals surface area contributed by atoms with E-state index in [2.05, 4.69) is 4.98 Å². The van der Waals surface area contributed by atoms with Gasteiger partial charge in [-0.2, -0.15) is 4.31 Å². The first-order valence-electron chi connectivity index (χ1n) is 7.08. The molecule has 21 heavy (non-hydrogen) atoms. The number of hydrogen-bond donors (Lipinski definition) is 0. The highest BCUT2D eigenvalue weighted by Crippen LogP contribution is 2.36. The van der Waals surface area contributed by atoms with Crippen molar-refractivity contribution in [2.75, 3.05) is 6.54 Å². The minimum atomic E-state index is -3.46. The van der Waals surface area contributed by atoms with Crippen molar-refractivity contribution in [2.45, 2.75) is 30.7 Å². The van der Waals surface area contributed by atoms with Crippen LogP contribution in [0.1, 0.15) is 30.0 Å². The molecule has 0 spiro atoms. The summed E-state index contributed by atoms with van der Waals surface area (Å²) < 4.78 is 27.5. The molecule has 0 N–H and O–H groups in total. The molecular formula is C16H18N2O2S. The van der Waals surface area contributed by atoms with E-state index >= 15 is 0 Å². The van der Waals surface area contributed by atoms with E-state index < -0.39 is 10.0 Å². The van der Waals surface area contributed by atoms with Crippen LogP contribution >= 0.6 is 0 Å². The molecule has 110 valence electrons. The Labute approximate surface area is 125 Å². The van der Waals surface area contributed by atoms with Gasteiger partial charge in [0.2, 0.25) is 10.0 Å². The zero-order valence-corrected chi connectivity index (χ0v) is 12.8. The number of aryl methyl sites for hydroxylation is 1. The second-order valence-electron chi connectivity index (χ2n) is 5.33. The third kappa shape index (κ3) is 2.59. The molecule has 1 fully saturated rings. The molecule has 1 unspecified atom stereocenters. The Morgan fingerprint density at radius 2 is 2.00 bits per heavy atom. The minimum absolute atomic E-state index is 0.108. The molecule has 0 bridgehead atoms. The standard InChI is InChI=1S/C16H18N2O2S/c1-13-6-2-3-9-16(13)21(19,20)18-11-5-8-15(18)14-7-4-10-17-12-14/h2-4,6-7,9-10,12,15H,5,8,11H2,1H3. The van der Waals surface area contributed by atoms with Crippen LogP contribution in [0.4, 0.5) is 0 Å². The molecule has 5 heteroatoms. The Morgan fingerprint density at radius 3 is 2.71 bits per heavy atom. The van der Waals surface area contributed by atoms with Crippen LogP contribution < -0.4 is 0 Å². The van der Waals surface area contributed by atoms with E-state index in [0.29, 0.717) is 11.4 Å². The van der Waals surface area contributed by atoms with Crippen molar-refractivity contribution in [3.05, 3.63) is 59.9 Å². The average molecular weight is 302 g/mol.